The third-order valence-electron chi connectivity index (χ3n) is 2.81. The average Bonchev–Trinajstić information content (AvgIpc) is 2.26. The van der Waals surface area contributed by atoms with Gasteiger partial charge >= 0.3 is 5.97 Å². The number of hydrogen-bond acceptors (Lipinski definition) is 2. The van der Waals surface area contributed by atoms with Crippen LogP contribution in [0.3, 0.4) is 0 Å². The van der Waals surface area contributed by atoms with Crippen molar-refractivity contribution in [3.05, 3.63) is 12.7 Å². The van der Waals surface area contributed by atoms with E-state index in [0.29, 0.717) is 19.4 Å². The number of nitrogens with one attached hydrogen (secondary N) is 1. The Morgan fingerprint density at radius 3 is 2.67 bits per heavy atom. The Labute approximate surface area is 89.4 Å². The SMILES string of the molecule is C=CCNC(=O)C1CCCC(C(=O)O)C1. The zero-order valence-electron chi connectivity index (χ0n) is 8.74. The van der Waals surface area contributed by atoms with Crippen molar-refractivity contribution < 1.29 is 14.7 Å². The van der Waals surface area contributed by atoms with Gasteiger partial charge in [-0.25, -0.2) is 0 Å². The van der Waals surface area contributed by atoms with Crippen LogP contribution in [-0.4, -0.2) is 23.5 Å². The maximum atomic E-state index is 11.6. The highest BCUT2D eigenvalue weighted by Crippen LogP contribution is 2.29. The molecule has 1 saturated carbocycles. The number of carbonyl (C=O) groups is 2. The van der Waals surface area contributed by atoms with Crippen LogP contribution in [-0.2, 0) is 9.59 Å². The molecule has 0 aromatic carbocycles. The molecule has 1 fully saturated rings. The van der Waals surface area contributed by atoms with Crippen molar-refractivity contribution in [1.82, 2.24) is 5.32 Å². The molecule has 1 aliphatic rings. The summed E-state index contributed by atoms with van der Waals surface area (Å²) in [7, 11) is 0. The second kappa shape index (κ2) is 5.53. The fourth-order valence-corrected chi connectivity index (χ4v) is 1.97. The Morgan fingerprint density at radius 2 is 2.07 bits per heavy atom. The predicted molar refractivity (Wildman–Crippen MR) is 56.3 cm³/mol. The summed E-state index contributed by atoms with van der Waals surface area (Å²) >= 11 is 0. The second-order valence-corrected chi connectivity index (χ2v) is 3.93. The maximum Gasteiger partial charge on any atom is 0.306 e. The first-order chi connectivity index (χ1) is 7.15. The molecule has 1 rings (SSSR count). The summed E-state index contributed by atoms with van der Waals surface area (Å²) in [5.41, 5.74) is 0. The molecule has 0 heterocycles. The molecule has 2 N–H and O–H groups in total. The number of carbonyl (C=O) groups excluding carboxylic acids is 1. The molecule has 2 atom stereocenters. The molecule has 84 valence electrons. The minimum atomic E-state index is -0.781. The van der Waals surface area contributed by atoms with Gasteiger partial charge in [0, 0.05) is 12.5 Å². The highest BCUT2D eigenvalue weighted by molar-refractivity contribution is 5.80. The lowest BCUT2D eigenvalue weighted by Gasteiger charge is -2.25. The molecule has 15 heavy (non-hydrogen) atoms. The van der Waals surface area contributed by atoms with E-state index in [0.717, 1.165) is 12.8 Å². The largest absolute Gasteiger partial charge is 0.481 e. The van der Waals surface area contributed by atoms with E-state index >= 15 is 0 Å². The molecule has 1 aliphatic carbocycles. The molecule has 0 spiro atoms. The fraction of sp³-hybridized carbons (Fsp3) is 0.636. The van der Waals surface area contributed by atoms with Crippen molar-refractivity contribution in [2.45, 2.75) is 25.7 Å². The molecule has 1 amide bonds. The van der Waals surface area contributed by atoms with Crippen LogP contribution < -0.4 is 5.32 Å². The van der Waals surface area contributed by atoms with Gasteiger partial charge in [0.25, 0.3) is 0 Å². The Hall–Kier alpha value is -1.32. The zero-order chi connectivity index (χ0) is 11.3. The van der Waals surface area contributed by atoms with Gasteiger partial charge < -0.3 is 10.4 Å². The molecular weight excluding hydrogens is 194 g/mol. The Bertz CT molecular complexity index is 263. The van der Waals surface area contributed by atoms with Crippen LogP contribution in [0.4, 0.5) is 0 Å². The van der Waals surface area contributed by atoms with Crippen molar-refractivity contribution in [2.24, 2.45) is 11.8 Å². The molecule has 2 unspecified atom stereocenters. The third kappa shape index (κ3) is 3.38. The van der Waals surface area contributed by atoms with Gasteiger partial charge in [-0.3, -0.25) is 9.59 Å². The average molecular weight is 211 g/mol. The van der Waals surface area contributed by atoms with E-state index in [1.54, 1.807) is 6.08 Å². The van der Waals surface area contributed by atoms with E-state index in [1.807, 2.05) is 0 Å². The molecule has 4 heteroatoms. The topological polar surface area (TPSA) is 66.4 Å². The lowest BCUT2D eigenvalue weighted by molar-refractivity contribution is -0.144. The number of aliphatic carboxylic acids is 1. The Morgan fingerprint density at radius 1 is 1.40 bits per heavy atom. The normalized spacial score (nSPS) is 25.6. The van der Waals surface area contributed by atoms with Crippen molar-refractivity contribution >= 4 is 11.9 Å². The first-order valence-corrected chi connectivity index (χ1v) is 5.26. The fourth-order valence-electron chi connectivity index (χ4n) is 1.97. The summed E-state index contributed by atoms with van der Waals surface area (Å²) in [4.78, 5) is 22.4. The second-order valence-electron chi connectivity index (χ2n) is 3.93. The van der Waals surface area contributed by atoms with Gasteiger partial charge in [0.2, 0.25) is 5.91 Å². The number of carboxylic acid groups (broad SMARTS) is 1. The number of amides is 1. The summed E-state index contributed by atoms with van der Waals surface area (Å²) in [6.07, 6.45) is 4.41. The van der Waals surface area contributed by atoms with Crippen LogP contribution >= 0.6 is 0 Å². The van der Waals surface area contributed by atoms with Crippen LogP contribution in [0.25, 0.3) is 0 Å². The summed E-state index contributed by atoms with van der Waals surface area (Å²) in [5.74, 6) is -1.31. The van der Waals surface area contributed by atoms with E-state index < -0.39 is 5.97 Å². The third-order valence-corrected chi connectivity index (χ3v) is 2.81. The van der Waals surface area contributed by atoms with Crippen LogP contribution in [0.1, 0.15) is 25.7 Å². The molecule has 0 aliphatic heterocycles. The smallest absolute Gasteiger partial charge is 0.306 e. The Balaban J connectivity index is 2.44. The molecule has 0 aromatic rings. The van der Waals surface area contributed by atoms with Crippen LogP contribution in [0, 0.1) is 11.8 Å². The van der Waals surface area contributed by atoms with Crippen LogP contribution in [0.15, 0.2) is 12.7 Å². The van der Waals surface area contributed by atoms with Gasteiger partial charge in [-0.15, -0.1) is 6.58 Å². The van der Waals surface area contributed by atoms with Crippen LogP contribution in [0.2, 0.25) is 0 Å². The predicted octanol–water partition coefficient (Wildman–Crippen LogP) is 1.18. The minimum Gasteiger partial charge on any atom is -0.481 e. The molecule has 0 aromatic heterocycles. The lowest BCUT2D eigenvalue weighted by Crippen LogP contribution is -2.35. The van der Waals surface area contributed by atoms with E-state index in [-0.39, 0.29) is 17.7 Å². The quantitative estimate of drug-likeness (QED) is 0.686. The van der Waals surface area contributed by atoms with E-state index in [4.69, 9.17) is 5.11 Å². The first-order valence-electron chi connectivity index (χ1n) is 5.26. The molecular formula is C11H17NO3. The standard InChI is InChI=1S/C11H17NO3/c1-2-6-12-10(13)8-4-3-5-9(7-8)11(14)15/h2,8-9H,1,3-7H2,(H,12,13)(H,14,15). The first kappa shape index (κ1) is 11.8. The van der Waals surface area contributed by atoms with Gasteiger partial charge in [0.15, 0.2) is 0 Å². The summed E-state index contributed by atoms with van der Waals surface area (Å²) < 4.78 is 0. The minimum absolute atomic E-state index is 0.0409. The molecule has 0 saturated heterocycles. The van der Waals surface area contributed by atoms with Crippen molar-refractivity contribution in [3.8, 4) is 0 Å². The van der Waals surface area contributed by atoms with Crippen molar-refractivity contribution in [1.29, 1.82) is 0 Å². The zero-order valence-corrected chi connectivity index (χ0v) is 8.74. The Kier molecular flexibility index (Phi) is 4.34. The monoisotopic (exact) mass is 211 g/mol. The van der Waals surface area contributed by atoms with E-state index in [1.165, 1.54) is 0 Å². The number of hydrogen-bond donors (Lipinski definition) is 2. The van der Waals surface area contributed by atoms with Crippen molar-refractivity contribution in [2.75, 3.05) is 6.54 Å². The lowest BCUT2D eigenvalue weighted by atomic mass is 9.81. The number of carboxylic acids is 1. The van der Waals surface area contributed by atoms with Gasteiger partial charge in [-0.05, 0) is 19.3 Å². The van der Waals surface area contributed by atoms with Gasteiger partial charge in [-0.2, -0.15) is 0 Å². The summed E-state index contributed by atoms with van der Waals surface area (Å²) in [6.45, 7) is 3.96. The molecule has 0 radical (unpaired) electrons. The molecule has 4 nitrogen and oxygen atoms in total. The highest BCUT2D eigenvalue weighted by atomic mass is 16.4. The van der Waals surface area contributed by atoms with E-state index in [2.05, 4.69) is 11.9 Å². The van der Waals surface area contributed by atoms with Gasteiger partial charge in [0.1, 0.15) is 0 Å². The van der Waals surface area contributed by atoms with Gasteiger partial charge in [-0.1, -0.05) is 12.5 Å². The van der Waals surface area contributed by atoms with Gasteiger partial charge in [0.05, 0.1) is 5.92 Å². The van der Waals surface area contributed by atoms with Crippen molar-refractivity contribution in [3.63, 3.8) is 0 Å². The van der Waals surface area contributed by atoms with Crippen LogP contribution in [0.5, 0.6) is 0 Å². The summed E-state index contributed by atoms with van der Waals surface area (Å²) in [5, 5.41) is 11.6. The summed E-state index contributed by atoms with van der Waals surface area (Å²) in [6, 6.07) is 0. The number of rotatable bonds is 4. The maximum absolute atomic E-state index is 11.6. The molecule has 0 bridgehead atoms. The highest BCUT2D eigenvalue weighted by Gasteiger charge is 2.30. The van der Waals surface area contributed by atoms with E-state index in [9.17, 15) is 9.59 Å².